The van der Waals surface area contributed by atoms with E-state index in [0.29, 0.717) is 18.8 Å². The van der Waals surface area contributed by atoms with Gasteiger partial charge in [0.25, 0.3) is 0 Å². The van der Waals surface area contributed by atoms with Crippen LogP contribution in [0.25, 0.3) is 0 Å². The summed E-state index contributed by atoms with van der Waals surface area (Å²) in [5.41, 5.74) is 1.13. The highest BCUT2D eigenvalue weighted by Crippen LogP contribution is 2.18. The summed E-state index contributed by atoms with van der Waals surface area (Å²) in [6.45, 7) is 3.11. The lowest BCUT2D eigenvalue weighted by molar-refractivity contribution is -0.140. The molecule has 1 unspecified atom stereocenters. The maximum atomic E-state index is 11.1. The molecule has 1 aliphatic rings. The first-order chi connectivity index (χ1) is 10.2. The van der Waals surface area contributed by atoms with Crippen LogP contribution < -0.4 is 4.74 Å². The lowest BCUT2D eigenvalue weighted by Crippen LogP contribution is -2.34. The van der Waals surface area contributed by atoms with Crippen LogP contribution >= 0.6 is 0 Å². The number of likely N-dealkylation sites (tertiary alicyclic amines) is 1. The van der Waals surface area contributed by atoms with E-state index in [0.717, 1.165) is 24.5 Å². The fourth-order valence-corrected chi connectivity index (χ4v) is 2.72. The number of piperidine rings is 1. The van der Waals surface area contributed by atoms with Crippen molar-refractivity contribution in [1.29, 1.82) is 0 Å². The zero-order valence-electron chi connectivity index (χ0n) is 13.0. The van der Waals surface area contributed by atoms with Crippen LogP contribution in [-0.4, -0.2) is 44.7 Å². The van der Waals surface area contributed by atoms with E-state index in [1.807, 2.05) is 24.3 Å². The Balaban J connectivity index is 1.75. The van der Waals surface area contributed by atoms with Crippen LogP contribution in [0, 0.1) is 5.92 Å². The molecule has 1 aliphatic heterocycles. The number of benzene rings is 1. The van der Waals surface area contributed by atoms with Gasteiger partial charge < -0.3 is 14.4 Å². The molecule has 116 valence electrons. The van der Waals surface area contributed by atoms with E-state index in [2.05, 4.69) is 16.7 Å². The van der Waals surface area contributed by atoms with Crippen molar-refractivity contribution in [3.8, 4) is 5.75 Å². The molecule has 0 radical (unpaired) electrons. The normalized spacial score (nSPS) is 19.2. The van der Waals surface area contributed by atoms with Gasteiger partial charge in [-0.25, -0.2) is 0 Å². The van der Waals surface area contributed by atoms with Gasteiger partial charge in [0.15, 0.2) is 0 Å². The molecule has 0 aromatic heterocycles. The van der Waals surface area contributed by atoms with E-state index in [1.54, 1.807) is 0 Å². The Morgan fingerprint density at radius 1 is 1.33 bits per heavy atom. The van der Waals surface area contributed by atoms with Crippen molar-refractivity contribution in [3.05, 3.63) is 29.8 Å². The molecule has 1 aromatic rings. The van der Waals surface area contributed by atoms with Crippen LogP contribution in [0.15, 0.2) is 24.3 Å². The number of aryl methyl sites for hydroxylation is 1. The molecule has 1 saturated heterocycles. The summed E-state index contributed by atoms with van der Waals surface area (Å²) in [7, 11) is 3.59. The number of rotatable bonds is 6. The minimum atomic E-state index is -0.170. The fourth-order valence-electron chi connectivity index (χ4n) is 2.72. The molecule has 4 heteroatoms. The Morgan fingerprint density at radius 2 is 2.10 bits per heavy atom. The molecule has 0 spiro atoms. The van der Waals surface area contributed by atoms with Gasteiger partial charge in [0.2, 0.25) is 0 Å². The summed E-state index contributed by atoms with van der Waals surface area (Å²) in [6, 6.07) is 8.01. The summed E-state index contributed by atoms with van der Waals surface area (Å²) in [4.78, 5) is 13.5. The number of esters is 1. The van der Waals surface area contributed by atoms with Crippen molar-refractivity contribution >= 4 is 5.97 Å². The molecule has 0 bridgehead atoms. The number of hydrogen-bond acceptors (Lipinski definition) is 4. The summed E-state index contributed by atoms with van der Waals surface area (Å²) < 4.78 is 10.5. The molecule has 0 aliphatic carbocycles. The quantitative estimate of drug-likeness (QED) is 0.755. The maximum absolute atomic E-state index is 11.1. The van der Waals surface area contributed by atoms with E-state index in [9.17, 15) is 4.79 Å². The zero-order chi connectivity index (χ0) is 15.1. The first kappa shape index (κ1) is 15.8. The number of ether oxygens (including phenoxy) is 2. The van der Waals surface area contributed by atoms with Gasteiger partial charge in [0.1, 0.15) is 5.75 Å². The van der Waals surface area contributed by atoms with Gasteiger partial charge in [0, 0.05) is 18.9 Å². The second kappa shape index (κ2) is 8.03. The van der Waals surface area contributed by atoms with Gasteiger partial charge in [-0.1, -0.05) is 12.1 Å². The smallest absolute Gasteiger partial charge is 0.305 e. The van der Waals surface area contributed by atoms with Crippen LogP contribution in [0.4, 0.5) is 0 Å². The molecule has 1 aromatic carbocycles. The predicted octanol–water partition coefficient (Wildman–Crippen LogP) is 2.51. The first-order valence-corrected chi connectivity index (χ1v) is 7.64. The number of carbonyl (C=O) groups is 1. The standard InChI is InChI=1S/C17H25NO3/c1-18-11-3-4-15(12-18)13-21-16-8-5-14(6-9-16)7-10-17(19)20-2/h5-6,8-9,15H,3-4,7,10-13H2,1-2H3. The largest absolute Gasteiger partial charge is 0.493 e. The van der Waals surface area contributed by atoms with Gasteiger partial charge in [-0.3, -0.25) is 4.79 Å². The van der Waals surface area contributed by atoms with Crippen molar-refractivity contribution < 1.29 is 14.3 Å². The van der Waals surface area contributed by atoms with Gasteiger partial charge in [-0.2, -0.15) is 0 Å². The van der Waals surface area contributed by atoms with Gasteiger partial charge in [-0.05, 0) is 50.6 Å². The van der Waals surface area contributed by atoms with E-state index in [1.165, 1.54) is 26.5 Å². The second-order valence-electron chi connectivity index (χ2n) is 5.80. The Kier molecular flexibility index (Phi) is 6.05. The van der Waals surface area contributed by atoms with Crippen molar-refractivity contribution in [2.45, 2.75) is 25.7 Å². The topological polar surface area (TPSA) is 38.8 Å². The third kappa shape index (κ3) is 5.38. The van der Waals surface area contributed by atoms with Crippen LogP contribution in [-0.2, 0) is 16.0 Å². The Labute approximate surface area is 127 Å². The van der Waals surface area contributed by atoms with Crippen molar-refractivity contribution in [3.63, 3.8) is 0 Å². The van der Waals surface area contributed by atoms with E-state index >= 15 is 0 Å². The van der Waals surface area contributed by atoms with Crippen LogP contribution in [0.1, 0.15) is 24.8 Å². The first-order valence-electron chi connectivity index (χ1n) is 7.64. The molecule has 1 heterocycles. The molecule has 0 amide bonds. The molecule has 1 atom stereocenters. The highest BCUT2D eigenvalue weighted by Gasteiger charge is 2.17. The minimum absolute atomic E-state index is 0.170. The fraction of sp³-hybridized carbons (Fsp3) is 0.588. The van der Waals surface area contributed by atoms with Crippen molar-refractivity contribution in [2.75, 3.05) is 33.9 Å². The third-order valence-electron chi connectivity index (χ3n) is 3.98. The summed E-state index contributed by atoms with van der Waals surface area (Å²) >= 11 is 0. The van der Waals surface area contributed by atoms with Crippen LogP contribution in [0.2, 0.25) is 0 Å². The van der Waals surface area contributed by atoms with E-state index < -0.39 is 0 Å². The van der Waals surface area contributed by atoms with Gasteiger partial charge >= 0.3 is 5.97 Å². The molecule has 1 fully saturated rings. The van der Waals surface area contributed by atoms with Gasteiger partial charge in [-0.15, -0.1) is 0 Å². The summed E-state index contributed by atoms with van der Waals surface area (Å²) in [6.07, 6.45) is 3.64. The SMILES string of the molecule is COC(=O)CCc1ccc(OCC2CCCN(C)C2)cc1. The Bertz CT molecular complexity index is 444. The lowest BCUT2D eigenvalue weighted by Gasteiger charge is -2.29. The summed E-state index contributed by atoms with van der Waals surface area (Å²) in [5, 5.41) is 0. The molecule has 21 heavy (non-hydrogen) atoms. The number of methoxy groups -OCH3 is 1. The second-order valence-corrected chi connectivity index (χ2v) is 5.80. The molecule has 0 N–H and O–H groups in total. The van der Waals surface area contributed by atoms with Crippen molar-refractivity contribution in [2.24, 2.45) is 5.92 Å². The number of hydrogen-bond donors (Lipinski definition) is 0. The Morgan fingerprint density at radius 3 is 2.76 bits per heavy atom. The monoisotopic (exact) mass is 291 g/mol. The number of carbonyl (C=O) groups excluding carboxylic acids is 1. The zero-order valence-corrected chi connectivity index (χ0v) is 13.0. The minimum Gasteiger partial charge on any atom is -0.493 e. The lowest BCUT2D eigenvalue weighted by atomic mass is 9.99. The summed E-state index contributed by atoms with van der Waals surface area (Å²) in [5.74, 6) is 1.37. The third-order valence-corrected chi connectivity index (χ3v) is 3.98. The molecule has 4 nitrogen and oxygen atoms in total. The van der Waals surface area contributed by atoms with Crippen molar-refractivity contribution in [1.82, 2.24) is 4.90 Å². The van der Waals surface area contributed by atoms with Gasteiger partial charge in [0.05, 0.1) is 13.7 Å². The maximum Gasteiger partial charge on any atom is 0.305 e. The molecule has 2 rings (SSSR count). The van der Waals surface area contributed by atoms with E-state index in [-0.39, 0.29) is 5.97 Å². The average molecular weight is 291 g/mol. The Hall–Kier alpha value is -1.55. The molecule has 0 saturated carbocycles. The average Bonchev–Trinajstić information content (AvgIpc) is 2.51. The molecular formula is C17H25NO3. The number of nitrogens with zero attached hydrogens (tertiary/aromatic N) is 1. The van der Waals surface area contributed by atoms with Crippen LogP contribution in [0.5, 0.6) is 5.75 Å². The highest BCUT2D eigenvalue weighted by atomic mass is 16.5. The highest BCUT2D eigenvalue weighted by molar-refractivity contribution is 5.69. The van der Waals surface area contributed by atoms with E-state index in [4.69, 9.17) is 4.74 Å². The van der Waals surface area contributed by atoms with Crippen LogP contribution in [0.3, 0.4) is 0 Å². The predicted molar refractivity (Wildman–Crippen MR) is 82.5 cm³/mol. The molecular weight excluding hydrogens is 266 g/mol.